The zero-order valence-electron chi connectivity index (χ0n) is 15.2. The fourth-order valence-corrected chi connectivity index (χ4v) is 2.99. The van der Waals surface area contributed by atoms with Crippen molar-refractivity contribution in [3.05, 3.63) is 82.8 Å². The molecule has 0 amide bonds. The van der Waals surface area contributed by atoms with E-state index in [1.807, 2.05) is 60.7 Å². The van der Waals surface area contributed by atoms with Crippen LogP contribution in [0.15, 0.2) is 77.3 Å². The molecule has 0 bridgehead atoms. The zero-order chi connectivity index (χ0) is 19.2. The molecule has 3 aromatic rings. The van der Waals surface area contributed by atoms with Gasteiger partial charge in [0.2, 0.25) is 0 Å². The smallest absolute Gasteiger partial charge is 0.338 e. The maximum Gasteiger partial charge on any atom is 0.338 e. The van der Waals surface area contributed by atoms with E-state index in [-0.39, 0.29) is 5.97 Å². The number of esters is 1. The van der Waals surface area contributed by atoms with Crippen molar-refractivity contribution in [2.24, 2.45) is 0 Å². The van der Waals surface area contributed by atoms with Gasteiger partial charge in [0.25, 0.3) is 0 Å². The van der Waals surface area contributed by atoms with Gasteiger partial charge in [-0.15, -0.1) is 0 Å². The van der Waals surface area contributed by atoms with Gasteiger partial charge in [0.05, 0.1) is 19.3 Å². The fourth-order valence-electron chi connectivity index (χ4n) is 2.73. The first-order chi connectivity index (χ1) is 13.1. The predicted octanol–water partition coefficient (Wildman–Crippen LogP) is 6.10. The minimum absolute atomic E-state index is 0.316. The average Bonchev–Trinajstić information content (AvgIpc) is 2.71. The molecule has 0 N–H and O–H groups in total. The van der Waals surface area contributed by atoms with Gasteiger partial charge >= 0.3 is 5.97 Å². The summed E-state index contributed by atoms with van der Waals surface area (Å²) in [6, 6.07) is 23.3. The maximum absolute atomic E-state index is 11.9. The van der Waals surface area contributed by atoms with E-state index in [2.05, 4.69) is 20.8 Å². The molecule has 27 heavy (non-hydrogen) atoms. The Morgan fingerprint density at radius 3 is 1.81 bits per heavy atom. The summed E-state index contributed by atoms with van der Waals surface area (Å²) in [7, 11) is 1.65. The number of hydrogen-bond donors (Lipinski definition) is 0. The van der Waals surface area contributed by atoms with Crippen LogP contribution in [0.25, 0.3) is 0 Å². The van der Waals surface area contributed by atoms with Crippen LogP contribution < -0.4 is 9.64 Å². The van der Waals surface area contributed by atoms with Gasteiger partial charge in [-0.2, -0.15) is 0 Å². The second-order valence-corrected chi connectivity index (χ2v) is 6.69. The molecule has 0 aliphatic carbocycles. The standard InChI is InChI=1S/C22H20BrNO3/c1-3-27-22(25)16-4-8-18(9-5-16)24(19-10-6-17(23)7-11-19)20-12-14-21(26-2)15-13-20/h4-15H,3H2,1-2H3. The number of anilines is 3. The summed E-state index contributed by atoms with van der Waals surface area (Å²) >= 11 is 3.48. The van der Waals surface area contributed by atoms with E-state index in [1.165, 1.54) is 0 Å². The van der Waals surface area contributed by atoms with Crippen LogP contribution >= 0.6 is 15.9 Å². The van der Waals surface area contributed by atoms with Crippen molar-refractivity contribution in [2.75, 3.05) is 18.6 Å². The number of nitrogens with zero attached hydrogens (tertiary/aromatic N) is 1. The second-order valence-electron chi connectivity index (χ2n) is 5.78. The minimum Gasteiger partial charge on any atom is -0.497 e. The van der Waals surface area contributed by atoms with Crippen LogP contribution in [0.5, 0.6) is 5.75 Å². The van der Waals surface area contributed by atoms with Crippen molar-refractivity contribution in [2.45, 2.75) is 6.92 Å². The topological polar surface area (TPSA) is 38.8 Å². The third kappa shape index (κ3) is 4.49. The first-order valence-electron chi connectivity index (χ1n) is 8.59. The summed E-state index contributed by atoms with van der Waals surface area (Å²) in [5, 5.41) is 0. The first kappa shape index (κ1) is 19.0. The molecule has 0 unspecified atom stereocenters. The molecule has 0 saturated heterocycles. The Bertz CT molecular complexity index is 890. The Kier molecular flexibility index (Phi) is 6.14. The summed E-state index contributed by atoms with van der Waals surface area (Å²) < 4.78 is 11.3. The third-order valence-corrected chi connectivity index (χ3v) is 4.58. The van der Waals surface area contributed by atoms with E-state index in [0.29, 0.717) is 12.2 Å². The van der Waals surface area contributed by atoms with Crippen LogP contribution in [0.1, 0.15) is 17.3 Å². The molecule has 3 aromatic carbocycles. The van der Waals surface area contributed by atoms with Crippen molar-refractivity contribution in [1.29, 1.82) is 0 Å². The van der Waals surface area contributed by atoms with E-state index >= 15 is 0 Å². The van der Waals surface area contributed by atoms with Crippen molar-refractivity contribution < 1.29 is 14.3 Å². The molecule has 0 aliphatic heterocycles. The van der Waals surface area contributed by atoms with Gasteiger partial charge in [-0.05, 0) is 79.7 Å². The van der Waals surface area contributed by atoms with Crippen molar-refractivity contribution in [3.63, 3.8) is 0 Å². The monoisotopic (exact) mass is 425 g/mol. The van der Waals surface area contributed by atoms with Crippen LogP contribution in [0.4, 0.5) is 17.1 Å². The highest BCUT2D eigenvalue weighted by Gasteiger charge is 2.14. The largest absolute Gasteiger partial charge is 0.497 e. The Morgan fingerprint density at radius 2 is 1.33 bits per heavy atom. The van der Waals surface area contributed by atoms with E-state index in [1.54, 1.807) is 26.2 Å². The number of halogens is 1. The normalized spacial score (nSPS) is 10.3. The van der Waals surface area contributed by atoms with Crippen LogP contribution in [0, 0.1) is 0 Å². The van der Waals surface area contributed by atoms with E-state index in [4.69, 9.17) is 9.47 Å². The number of methoxy groups -OCH3 is 1. The number of hydrogen-bond acceptors (Lipinski definition) is 4. The summed E-state index contributed by atoms with van der Waals surface area (Å²) in [4.78, 5) is 14.0. The van der Waals surface area contributed by atoms with Gasteiger partial charge in [0.1, 0.15) is 5.75 Å². The Balaban J connectivity index is 2.01. The zero-order valence-corrected chi connectivity index (χ0v) is 16.8. The van der Waals surface area contributed by atoms with Gasteiger partial charge in [-0.25, -0.2) is 4.79 Å². The van der Waals surface area contributed by atoms with Crippen molar-refractivity contribution >= 4 is 39.0 Å². The molecular formula is C22H20BrNO3. The summed E-state index contributed by atoms with van der Waals surface area (Å²) in [5.74, 6) is 0.482. The maximum atomic E-state index is 11.9. The SMILES string of the molecule is CCOC(=O)c1ccc(N(c2ccc(Br)cc2)c2ccc(OC)cc2)cc1. The van der Waals surface area contributed by atoms with Crippen LogP contribution in [0.2, 0.25) is 0 Å². The summed E-state index contributed by atoms with van der Waals surface area (Å²) in [6.07, 6.45) is 0. The van der Waals surface area contributed by atoms with Gasteiger partial charge in [0.15, 0.2) is 0 Å². The molecule has 3 rings (SSSR count). The van der Waals surface area contributed by atoms with Crippen molar-refractivity contribution in [1.82, 2.24) is 0 Å². The lowest BCUT2D eigenvalue weighted by molar-refractivity contribution is 0.0526. The number of carbonyl (C=O) groups is 1. The number of carbonyl (C=O) groups excluding carboxylic acids is 1. The molecule has 5 heteroatoms. The van der Waals surface area contributed by atoms with Crippen molar-refractivity contribution in [3.8, 4) is 5.75 Å². The van der Waals surface area contributed by atoms with Crippen LogP contribution in [-0.2, 0) is 4.74 Å². The lowest BCUT2D eigenvalue weighted by Crippen LogP contribution is -2.10. The van der Waals surface area contributed by atoms with Crippen LogP contribution in [0.3, 0.4) is 0 Å². The number of benzene rings is 3. The quantitative estimate of drug-likeness (QED) is 0.446. The molecular weight excluding hydrogens is 406 g/mol. The lowest BCUT2D eigenvalue weighted by atomic mass is 10.1. The van der Waals surface area contributed by atoms with E-state index in [9.17, 15) is 4.79 Å². The molecule has 0 aliphatic rings. The predicted molar refractivity (Wildman–Crippen MR) is 111 cm³/mol. The van der Waals surface area contributed by atoms with Gasteiger partial charge in [-0.3, -0.25) is 0 Å². The minimum atomic E-state index is -0.316. The fraction of sp³-hybridized carbons (Fsp3) is 0.136. The highest BCUT2D eigenvalue weighted by Crippen LogP contribution is 2.35. The average molecular weight is 426 g/mol. The molecule has 0 aromatic heterocycles. The summed E-state index contributed by atoms with van der Waals surface area (Å²) in [5.41, 5.74) is 3.47. The second kappa shape index (κ2) is 8.73. The lowest BCUT2D eigenvalue weighted by Gasteiger charge is -2.25. The molecule has 0 radical (unpaired) electrons. The summed E-state index contributed by atoms with van der Waals surface area (Å²) in [6.45, 7) is 2.16. The Labute approximate surface area is 167 Å². The molecule has 0 fully saturated rings. The highest BCUT2D eigenvalue weighted by molar-refractivity contribution is 9.10. The molecule has 4 nitrogen and oxygen atoms in total. The number of ether oxygens (including phenoxy) is 2. The Hall–Kier alpha value is -2.79. The van der Waals surface area contributed by atoms with E-state index < -0.39 is 0 Å². The molecule has 0 spiro atoms. The van der Waals surface area contributed by atoms with Gasteiger partial charge < -0.3 is 14.4 Å². The molecule has 0 saturated carbocycles. The first-order valence-corrected chi connectivity index (χ1v) is 9.38. The van der Waals surface area contributed by atoms with Gasteiger partial charge in [0, 0.05) is 21.5 Å². The number of rotatable bonds is 6. The molecule has 138 valence electrons. The highest BCUT2D eigenvalue weighted by atomic mass is 79.9. The molecule has 0 atom stereocenters. The van der Waals surface area contributed by atoms with Crippen LogP contribution in [-0.4, -0.2) is 19.7 Å². The molecule has 0 heterocycles. The third-order valence-electron chi connectivity index (χ3n) is 4.05. The van der Waals surface area contributed by atoms with E-state index in [0.717, 1.165) is 27.3 Å². The van der Waals surface area contributed by atoms with Gasteiger partial charge in [-0.1, -0.05) is 15.9 Å². The Morgan fingerprint density at radius 1 is 0.852 bits per heavy atom.